The summed E-state index contributed by atoms with van der Waals surface area (Å²) in [6, 6.07) is 5.23. The Bertz CT molecular complexity index is 681. The van der Waals surface area contributed by atoms with Gasteiger partial charge in [-0.1, -0.05) is 6.92 Å². The number of rotatable bonds is 3. The van der Waals surface area contributed by atoms with Gasteiger partial charge in [0.05, 0.1) is 6.10 Å². The largest absolute Gasteiger partial charge is 0.492 e. The topological polar surface area (TPSA) is 90.5 Å². The van der Waals surface area contributed by atoms with E-state index in [-0.39, 0.29) is 6.10 Å². The summed E-state index contributed by atoms with van der Waals surface area (Å²) in [5.74, 6) is 1.29. The average molecular weight is 285 g/mol. The SMILES string of the molecule is CCC1OB(O)c2cc(Oc3cc(N)ncn3)cc(C)c21. The van der Waals surface area contributed by atoms with Gasteiger partial charge in [0.25, 0.3) is 0 Å². The molecule has 2 aromatic rings. The molecule has 1 atom stereocenters. The predicted octanol–water partition coefficient (Wildman–Crippen LogP) is 1.33. The van der Waals surface area contributed by atoms with Crippen LogP contribution in [0.2, 0.25) is 0 Å². The number of nitrogens with zero attached hydrogens (tertiary/aromatic N) is 2. The van der Waals surface area contributed by atoms with Crippen LogP contribution >= 0.6 is 0 Å². The van der Waals surface area contributed by atoms with Crippen LogP contribution in [0.15, 0.2) is 24.5 Å². The van der Waals surface area contributed by atoms with E-state index < -0.39 is 7.12 Å². The fourth-order valence-electron chi connectivity index (χ4n) is 2.62. The number of hydrogen-bond acceptors (Lipinski definition) is 6. The first kappa shape index (κ1) is 13.8. The summed E-state index contributed by atoms with van der Waals surface area (Å²) in [5, 5.41) is 10.0. The predicted molar refractivity (Wildman–Crippen MR) is 79.4 cm³/mol. The van der Waals surface area contributed by atoms with Gasteiger partial charge in [-0.3, -0.25) is 0 Å². The molecule has 3 N–H and O–H groups in total. The van der Waals surface area contributed by atoms with Crippen LogP contribution in [0, 0.1) is 6.92 Å². The minimum absolute atomic E-state index is 0.0706. The van der Waals surface area contributed by atoms with E-state index in [1.807, 2.05) is 19.9 Å². The first-order valence-electron chi connectivity index (χ1n) is 6.81. The number of fused-ring (bicyclic) bond motifs is 1. The Morgan fingerprint density at radius 2 is 2.19 bits per heavy atom. The third kappa shape index (κ3) is 2.57. The van der Waals surface area contributed by atoms with Gasteiger partial charge in [-0.25, -0.2) is 9.97 Å². The second kappa shape index (κ2) is 5.35. The lowest BCUT2D eigenvalue weighted by molar-refractivity contribution is 0.186. The lowest BCUT2D eigenvalue weighted by Crippen LogP contribution is -2.28. The van der Waals surface area contributed by atoms with Crippen LogP contribution in [0.5, 0.6) is 11.6 Å². The number of nitrogen functional groups attached to an aromatic ring is 1. The maximum absolute atomic E-state index is 10.0. The van der Waals surface area contributed by atoms with Crippen LogP contribution in [-0.2, 0) is 4.65 Å². The zero-order chi connectivity index (χ0) is 15.0. The van der Waals surface area contributed by atoms with E-state index in [0.29, 0.717) is 17.4 Å². The summed E-state index contributed by atoms with van der Waals surface area (Å²) < 4.78 is 11.2. The van der Waals surface area contributed by atoms with Crippen molar-refractivity contribution in [3.63, 3.8) is 0 Å². The van der Waals surface area contributed by atoms with Crippen molar-refractivity contribution < 1.29 is 14.4 Å². The summed E-state index contributed by atoms with van der Waals surface area (Å²) in [6.07, 6.45) is 2.09. The van der Waals surface area contributed by atoms with E-state index in [4.69, 9.17) is 15.1 Å². The number of nitrogens with two attached hydrogens (primary N) is 1. The van der Waals surface area contributed by atoms with Crippen LogP contribution in [0.4, 0.5) is 5.82 Å². The lowest BCUT2D eigenvalue weighted by atomic mass is 9.77. The van der Waals surface area contributed by atoms with Gasteiger partial charge in [0.1, 0.15) is 17.9 Å². The van der Waals surface area contributed by atoms with E-state index in [0.717, 1.165) is 23.0 Å². The number of hydrogen-bond donors (Lipinski definition) is 2. The zero-order valence-corrected chi connectivity index (χ0v) is 11.9. The van der Waals surface area contributed by atoms with Gasteiger partial charge in [0, 0.05) is 6.07 Å². The number of ether oxygens (including phenoxy) is 1. The molecule has 1 aliphatic rings. The second-order valence-corrected chi connectivity index (χ2v) is 5.01. The first-order chi connectivity index (χ1) is 10.1. The number of aryl methyl sites for hydroxylation is 1. The fourth-order valence-corrected chi connectivity index (χ4v) is 2.62. The van der Waals surface area contributed by atoms with E-state index in [2.05, 4.69) is 9.97 Å². The Morgan fingerprint density at radius 3 is 2.90 bits per heavy atom. The molecule has 0 saturated carbocycles. The van der Waals surface area contributed by atoms with Gasteiger partial charge < -0.3 is 20.1 Å². The Morgan fingerprint density at radius 1 is 1.38 bits per heavy atom. The monoisotopic (exact) mass is 285 g/mol. The minimum Gasteiger partial charge on any atom is -0.439 e. The van der Waals surface area contributed by atoms with Crippen LogP contribution in [0.25, 0.3) is 0 Å². The van der Waals surface area contributed by atoms with Crippen molar-refractivity contribution in [1.82, 2.24) is 9.97 Å². The molecule has 0 saturated heterocycles. The van der Waals surface area contributed by atoms with Gasteiger partial charge in [-0.2, -0.15) is 0 Å². The van der Waals surface area contributed by atoms with Crippen LogP contribution in [0.3, 0.4) is 0 Å². The van der Waals surface area contributed by atoms with Crippen molar-refractivity contribution in [3.05, 3.63) is 35.7 Å². The summed E-state index contributed by atoms with van der Waals surface area (Å²) in [7, 11) is -0.914. The van der Waals surface area contributed by atoms with Gasteiger partial charge in [-0.15, -0.1) is 0 Å². The molecule has 0 fully saturated rings. The first-order valence-corrected chi connectivity index (χ1v) is 6.81. The molecule has 0 bridgehead atoms. The molecule has 0 aliphatic carbocycles. The Balaban J connectivity index is 1.95. The number of aromatic nitrogens is 2. The third-order valence-corrected chi connectivity index (χ3v) is 3.53. The molecular formula is C14H16BN3O3. The summed E-state index contributed by atoms with van der Waals surface area (Å²) in [5.41, 5.74) is 8.41. The molecule has 7 heteroatoms. The quantitative estimate of drug-likeness (QED) is 0.827. The zero-order valence-electron chi connectivity index (χ0n) is 11.9. The molecular weight excluding hydrogens is 269 g/mol. The summed E-state index contributed by atoms with van der Waals surface area (Å²) in [6.45, 7) is 4.00. The molecule has 1 aromatic carbocycles. The standard InChI is InChI=1S/C14H16BN3O3/c1-3-11-14-8(2)4-9(5-10(14)15(19)21-11)20-13-6-12(16)17-7-18-13/h4-7,11,19H,3H2,1-2H3,(H2,16,17,18). The molecule has 0 spiro atoms. The fraction of sp³-hybridized carbons (Fsp3) is 0.286. The van der Waals surface area contributed by atoms with Crippen molar-refractivity contribution in [2.45, 2.75) is 26.4 Å². The molecule has 1 unspecified atom stereocenters. The Labute approximate surface area is 123 Å². The lowest BCUT2D eigenvalue weighted by Gasteiger charge is -2.13. The van der Waals surface area contributed by atoms with Crippen LogP contribution in [-0.4, -0.2) is 22.1 Å². The molecule has 1 aliphatic heterocycles. The second-order valence-electron chi connectivity index (χ2n) is 5.01. The smallest absolute Gasteiger partial charge is 0.439 e. The highest BCUT2D eigenvalue weighted by molar-refractivity contribution is 6.61. The molecule has 0 amide bonds. The summed E-state index contributed by atoms with van der Waals surface area (Å²) >= 11 is 0. The Hall–Kier alpha value is -2.12. The van der Waals surface area contributed by atoms with Crippen molar-refractivity contribution >= 4 is 18.4 Å². The van der Waals surface area contributed by atoms with Gasteiger partial charge in [-0.05, 0) is 42.1 Å². The van der Waals surface area contributed by atoms with E-state index >= 15 is 0 Å². The number of benzene rings is 1. The van der Waals surface area contributed by atoms with Crippen LogP contribution in [0.1, 0.15) is 30.6 Å². The van der Waals surface area contributed by atoms with Gasteiger partial charge >= 0.3 is 7.12 Å². The van der Waals surface area contributed by atoms with E-state index in [9.17, 15) is 5.02 Å². The highest BCUT2D eigenvalue weighted by Gasteiger charge is 2.35. The molecule has 3 rings (SSSR count). The van der Waals surface area contributed by atoms with Crippen molar-refractivity contribution in [2.75, 3.05) is 5.73 Å². The molecule has 1 aromatic heterocycles. The Kier molecular flexibility index (Phi) is 3.53. The minimum atomic E-state index is -0.914. The number of anilines is 1. The van der Waals surface area contributed by atoms with E-state index in [1.165, 1.54) is 6.33 Å². The van der Waals surface area contributed by atoms with Crippen LogP contribution < -0.4 is 15.9 Å². The molecule has 2 heterocycles. The molecule has 0 radical (unpaired) electrons. The third-order valence-electron chi connectivity index (χ3n) is 3.53. The summed E-state index contributed by atoms with van der Waals surface area (Å²) in [4.78, 5) is 7.82. The maximum Gasteiger partial charge on any atom is 0.492 e. The molecule has 6 nitrogen and oxygen atoms in total. The van der Waals surface area contributed by atoms with Crippen molar-refractivity contribution in [1.29, 1.82) is 0 Å². The highest BCUT2D eigenvalue weighted by atomic mass is 16.5. The van der Waals surface area contributed by atoms with Crippen molar-refractivity contribution in [3.8, 4) is 11.6 Å². The maximum atomic E-state index is 10.0. The molecule has 108 valence electrons. The molecule has 21 heavy (non-hydrogen) atoms. The van der Waals surface area contributed by atoms with Gasteiger partial charge in [0.15, 0.2) is 0 Å². The van der Waals surface area contributed by atoms with E-state index in [1.54, 1.807) is 12.1 Å². The normalized spacial score (nSPS) is 16.9. The van der Waals surface area contributed by atoms with Gasteiger partial charge in [0.2, 0.25) is 5.88 Å². The van der Waals surface area contributed by atoms with Crippen molar-refractivity contribution in [2.24, 2.45) is 0 Å². The highest BCUT2D eigenvalue weighted by Crippen LogP contribution is 2.32. The average Bonchev–Trinajstić information content (AvgIpc) is 2.76.